The maximum Gasteiger partial charge on any atom is 0.243 e. The number of hydrogen-bond acceptors (Lipinski definition) is 8. The number of aliphatic hydroxyl groups excluding tert-OH is 1. The molecule has 12 heteroatoms. The van der Waals surface area contributed by atoms with Crippen LogP contribution in [-0.2, 0) is 24.7 Å². The average molecular weight is 506 g/mol. The Morgan fingerprint density at radius 2 is 1.81 bits per heavy atom. The minimum absolute atomic E-state index is 0.00351. The van der Waals surface area contributed by atoms with Crippen LogP contribution in [0.25, 0.3) is 10.2 Å². The minimum atomic E-state index is -3.90. The summed E-state index contributed by atoms with van der Waals surface area (Å²) >= 11 is 1.34. The molecule has 0 fully saturated rings. The van der Waals surface area contributed by atoms with E-state index in [-0.39, 0.29) is 29.7 Å². The van der Waals surface area contributed by atoms with Crippen molar-refractivity contribution in [3.05, 3.63) is 23.7 Å². The van der Waals surface area contributed by atoms with Crippen LogP contribution in [0.1, 0.15) is 27.7 Å². The molecule has 3 atom stereocenters. The number of benzene rings is 1. The number of carbonyl (C=O) groups is 1. The fraction of sp³-hybridized carbons (Fsp3) is 0.600. The van der Waals surface area contributed by atoms with E-state index in [1.165, 1.54) is 28.6 Å². The number of sulfone groups is 1. The number of carbonyl (C=O) groups excluding carboxylic acids is 1. The molecule has 2 aromatic rings. The lowest BCUT2D eigenvalue weighted by Crippen LogP contribution is -2.50. The lowest BCUT2D eigenvalue weighted by molar-refractivity contribution is -0.125. The van der Waals surface area contributed by atoms with Crippen molar-refractivity contribution in [2.45, 2.75) is 44.7 Å². The standard InChI is InChI=1S/C20H31N3O6S3/c1-13(2)9-23(32(28,29)16-6-7-17-19(8-16)30-12-21-17)10-18(24)15(4)22-20(25)14(3)11-31(5,26)27/h6-8,12-15,18,24H,9-11H2,1-5H3,(H,22,25)/t14-,15+,18-/m1/s1. The Labute approximate surface area is 193 Å². The van der Waals surface area contributed by atoms with Crippen molar-refractivity contribution in [2.75, 3.05) is 25.1 Å². The van der Waals surface area contributed by atoms with Gasteiger partial charge in [-0.25, -0.2) is 21.8 Å². The monoisotopic (exact) mass is 505 g/mol. The topological polar surface area (TPSA) is 134 Å². The zero-order valence-corrected chi connectivity index (χ0v) is 21.3. The molecule has 1 aromatic carbocycles. The van der Waals surface area contributed by atoms with Gasteiger partial charge in [0.15, 0.2) is 0 Å². The van der Waals surface area contributed by atoms with E-state index in [9.17, 15) is 26.7 Å². The molecule has 0 aliphatic heterocycles. The zero-order valence-electron chi connectivity index (χ0n) is 18.8. The van der Waals surface area contributed by atoms with E-state index in [1.54, 1.807) is 24.6 Å². The van der Waals surface area contributed by atoms with Gasteiger partial charge in [0, 0.05) is 25.3 Å². The number of thiazole rings is 1. The van der Waals surface area contributed by atoms with Gasteiger partial charge in [-0.05, 0) is 31.0 Å². The molecule has 0 bridgehead atoms. The first-order valence-corrected chi connectivity index (χ1v) is 14.6. The summed E-state index contributed by atoms with van der Waals surface area (Å²) in [5, 5.41) is 13.3. The maximum absolute atomic E-state index is 13.3. The van der Waals surface area contributed by atoms with Crippen molar-refractivity contribution in [1.82, 2.24) is 14.6 Å². The van der Waals surface area contributed by atoms with Gasteiger partial charge in [0.2, 0.25) is 15.9 Å². The van der Waals surface area contributed by atoms with Crippen LogP contribution in [0.3, 0.4) is 0 Å². The van der Waals surface area contributed by atoms with Crippen LogP contribution in [0.5, 0.6) is 0 Å². The third-order valence-corrected chi connectivity index (χ3v) is 8.57. The summed E-state index contributed by atoms with van der Waals surface area (Å²) in [4.78, 5) is 16.6. The smallest absolute Gasteiger partial charge is 0.243 e. The number of amides is 1. The number of fused-ring (bicyclic) bond motifs is 1. The van der Waals surface area contributed by atoms with Crippen LogP contribution >= 0.6 is 11.3 Å². The maximum atomic E-state index is 13.3. The van der Waals surface area contributed by atoms with Gasteiger partial charge < -0.3 is 10.4 Å². The first-order valence-electron chi connectivity index (χ1n) is 10.2. The lowest BCUT2D eigenvalue weighted by Gasteiger charge is -2.29. The Morgan fingerprint density at radius 1 is 1.16 bits per heavy atom. The minimum Gasteiger partial charge on any atom is -0.390 e. The Balaban J connectivity index is 2.17. The van der Waals surface area contributed by atoms with Crippen LogP contribution in [0.2, 0.25) is 0 Å². The van der Waals surface area contributed by atoms with E-state index in [4.69, 9.17) is 0 Å². The van der Waals surface area contributed by atoms with Crippen molar-refractivity contribution in [2.24, 2.45) is 11.8 Å². The van der Waals surface area contributed by atoms with Crippen LogP contribution in [0, 0.1) is 11.8 Å². The largest absolute Gasteiger partial charge is 0.390 e. The number of hydrogen-bond donors (Lipinski definition) is 2. The molecular weight excluding hydrogens is 474 g/mol. The molecule has 1 aromatic heterocycles. The molecule has 2 N–H and O–H groups in total. The molecule has 1 amide bonds. The van der Waals surface area contributed by atoms with Crippen molar-refractivity contribution in [1.29, 1.82) is 0 Å². The summed E-state index contributed by atoms with van der Waals surface area (Å²) in [7, 11) is -7.24. The summed E-state index contributed by atoms with van der Waals surface area (Å²) in [6.45, 7) is 6.76. The van der Waals surface area contributed by atoms with Gasteiger partial charge in [-0.1, -0.05) is 20.8 Å². The molecule has 32 heavy (non-hydrogen) atoms. The summed E-state index contributed by atoms with van der Waals surface area (Å²) in [6.07, 6.45) is -0.141. The highest BCUT2D eigenvalue weighted by molar-refractivity contribution is 7.90. The first kappa shape index (κ1) is 26.7. The third kappa shape index (κ3) is 7.20. The van der Waals surface area contributed by atoms with Gasteiger partial charge in [0.1, 0.15) is 9.84 Å². The molecule has 0 aliphatic carbocycles. The number of nitrogens with one attached hydrogen (secondary N) is 1. The van der Waals surface area contributed by atoms with Gasteiger partial charge in [-0.3, -0.25) is 4.79 Å². The molecule has 0 radical (unpaired) electrons. The molecule has 2 rings (SSSR count). The summed E-state index contributed by atoms with van der Waals surface area (Å²) in [5.74, 6) is -1.61. The molecule has 180 valence electrons. The van der Waals surface area contributed by atoms with E-state index in [1.807, 2.05) is 13.8 Å². The molecular formula is C20H31N3O6S3. The van der Waals surface area contributed by atoms with E-state index in [2.05, 4.69) is 10.3 Å². The van der Waals surface area contributed by atoms with Crippen LogP contribution in [-0.4, -0.2) is 74.4 Å². The number of sulfonamides is 1. The van der Waals surface area contributed by atoms with Crippen LogP contribution in [0.15, 0.2) is 28.6 Å². The average Bonchev–Trinajstić information content (AvgIpc) is 3.13. The second-order valence-electron chi connectivity index (χ2n) is 8.56. The van der Waals surface area contributed by atoms with E-state index >= 15 is 0 Å². The van der Waals surface area contributed by atoms with E-state index in [0.29, 0.717) is 5.52 Å². The van der Waals surface area contributed by atoms with Crippen molar-refractivity contribution in [3.63, 3.8) is 0 Å². The van der Waals surface area contributed by atoms with Gasteiger partial charge >= 0.3 is 0 Å². The molecule has 0 spiro atoms. The summed E-state index contributed by atoms with van der Waals surface area (Å²) in [5.41, 5.74) is 2.36. The van der Waals surface area contributed by atoms with Crippen molar-refractivity contribution in [3.8, 4) is 0 Å². The first-order chi connectivity index (χ1) is 14.7. The van der Waals surface area contributed by atoms with E-state index in [0.717, 1.165) is 11.0 Å². The fourth-order valence-corrected chi connectivity index (χ4v) is 6.68. The van der Waals surface area contributed by atoms with Crippen LogP contribution in [0.4, 0.5) is 0 Å². The lowest BCUT2D eigenvalue weighted by atomic mass is 10.1. The second-order valence-corrected chi connectivity index (χ2v) is 13.6. The van der Waals surface area contributed by atoms with Gasteiger partial charge in [0.25, 0.3) is 0 Å². The molecule has 9 nitrogen and oxygen atoms in total. The van der Waals surface area contributed by atoms with E-state index < -0.39 is 43.8 Å². The normalized spacial score (nSPS) is 15.8. The number of rotatable bonds is 11. The summed E-state index contributed by atoms with van der Waals surface area (Å²) in [6, 6.07) is 3.93. The Morgan fingerprint density at radius 3 is 2.41 bits per heavy atom. The zero-order chi connectivity index (χ0) is 24.3. The third-order valence-electron chi connectivity index (χ3n) is 4.85. The highest BCUT2D eigenvalue weighted by atomic mass is 32.2. The molecule has 0 saturated heterocycles. The molecule has 0 unspecified atom stereocenters. The Bertz CT molecular complexity index is 1140. The summed E-state index contributed by atoms with van der Waals surface area (Å²) < 4.78 is 51.4. The molecule has 1 heterocycles. The Kier molecular flexibility index (Phi) is 8.79. The number of nitrogens with zero attached hydrogens (tertiary/aromatic N) is 2. The highest BCUT2D eigenvalue weighted by Gasteiger charge is 2.30. The Hall–Kier alpha value is -1.60. The van der Waals surface area contributed by atoms with Gasteiger partial charge in [-0.15, -0.1) is 11.3 Å². The predicted molar refractivity (Wildman–Crippen MR) is 126 cm³/mol. The number of aromatic nitrogens is 1. The quantitative estimate of drug-likeness (QED) is 0.472. The molecule has 0 saturated carbocycles. The second kappa shape index (κ2) is 10.6. The molecule has 0 aliphatic rings. The van der Waals surface area contributed by atoms with Crippen molar-refractivity contribution < 1.29 is 26.7 Å². The number of aliphatic hydroxyl groups is 1. The fourth-order valence-electron chi connectivity index (χ4n) is 3.18. The van der Waals surface area contributed by atoms with Crippen molar-refractivity contribution >= 4 is 47.3 Å². The predicted octanol–water partition coefficient (Wildman–Crippen LogP) is 1.49. The highest BCUT2D eigenvalue weighted by Crippen LogP contribution is 2.25. The SMILES string of the molecule is CC(C)CN(C[C@@H](O)[C@H](C)NC(=O)[C@H](C)CS(C)(=O)=O)S(=O)(=O)c1ccc2ncsc2c1. The van der Waals surface area contributed by atoms with Gasteiger partial charge in [-0.2, -0.15) is 4.31 Å². The van der Waals surface area contributed by atoms with Gasteiger partial charge in [0.05, 0.1) is 38.5 Å². The van der Waals surface area contributed by atoms with Crippen LogP contribution < -0.4 is 5.32 Å².